The first-order valence-corrected chi connectivity index (χ1v) is 10.9. The van der Waals surface area contributed by atoms with Gasteiger partial charge in [0, 0.05) is 24.7 Å². The Hall–Kier alpha value is -1.99. The van der Waals surface area contributed by atoms with E-state index in [1.165, 1.54) is 6.07 Å². The summed E-state index contributed by atoms with van der Waals surface area (Å²) in [6.07, 6.45) is 1.59. The fraction of sp³-hybridized carbons (Fsp3) is 0.565. The van der Waals surface area contributed by atoms with E-state index in [0.29, 0.717) is 18.9 Å². The molecule has 1 aliphatic heterocycles. The van der Waals surface area contributed by atoms with Crippen molar-refractivity contribution in [1.29, 1.82) is 0 Å². The zero-order valence-corrected chi connectivity index (χ0v) is 19.8. The monoisotopic (exact) mass is 452 g/mol. The third-order valence-electron chi connectivity index (χ3n) is 5.30. The molecule has 2 aromatic rings. The van der Waals surface area contributed by atoms with E-state index >= 15 is 0 Å². The number of carbonyl (C=O) groups excluding carboxylic acids is 1. The zero-order chi connectivity index (χ0) is 23.1. The summed E-state index contributed by atoms with van der Waals surface area (Å²) in [6.45, 7) is 12.3. The van der Waals surface area contributed by atoms with Crippen LogP contribution in [-0.4, -0.2) is 39.5 Å². The minimum atomic E-state index is -0.827. The Balaban J connectivity index is 2.08. The third-order valence-corrected chi connectivity index (χ3v) is 5.59. The van der Waals surface area contributed by atoms with Crippen molar-refractivity contribution < 1.29 is 13.6 Å². The highest BCUT2D eigenvalue weighted by molar-refractivity contribution is 6.31. The predicted octanol–water partition coefficient (Wildman–Crippen LogP) is 5.26. The molecule has 0 fully saturated rings. The van der Waals surface area contributed by atoms with Crippen LogP contribution >= 0.6 is 11.6 Å². The number of rotatable bonds is 4. The lowest BCUT2D eigenvalue weighted by Crippen LogP contribution is -2.46. The van der Waals surface area contributed by atoms with Gasteiger partial charge in [0.05, 0.1) is 16.3 Å². The Morgan fingerprint density at radius 1 is 1.16 bits per heavy atom. The third kappa shape index (κ3) is 5.44. The highest BCUT2D eigenvalue weighted by Gasteiger charge is 2.32. The van der Waals surface area contributed by atoms with Crippen LogP contribution in [0.25, 0.3) is 11.4 Å². The minimum Gasteiger partial charge on any atom is -0.346 e. The van der Waals surface area contributed by atoms with Gasteiger partial charge in [0.25, 0.3) is 5.91 Å². The van der Waals surface area contributed by atoms with Crippen LogP contribution in [0.3, 0.4) is 0 Å². The molecular formula is C23H31ClF2N4O. The number of nitrogens with zero attached hydrogens (tertiary/aromatic N) is 3. The Bertz CT molecular complexity index is 994. The van der Waals surface area contributed by atoms with E-state index in [0.717, 1.165) is 31.1 Å². The second kappa shape index (κ2) is 8.51. The van der Waals surface area contributed by atoms with Crippen LogP contribution in [0.4, 0.5) is 8.78 Å². The van der Waals surface area contributed by atoms with Gasteiger partial charge in [-0.25, -0.2) is 13.8 Å². The molecule has 8 heteroatoms. The number of halogens is 3. The van der Waals surface area contributed by atoms with E-state index < -0.39 is 17.2 Å². The van der Waals surface area contributed by atoms with E-state index in [4.69, 9.17) is 11.6 Å². The SMILES string of the molecule is CN1CCCn2c(-c3cc(Cl)c(F)cc3F)nc(C(=O)NC(C)(C)CC(C)(C)C)c2C1. The summed E-state index contributed by atoms with van der Waals surface area (Å²) >= 11 is 5.93. The molecule has 0 unspecified atom stereocenters. The predicted molar refractivity (Wildman–Crippen MR) is 119 cm³/mol. The molecule has 0 saturated carbocycles. The van der Waals surface area contributed by atoms with Crippen molar-refractivity contribution >= 4 is 17.5 Å². The van der Waals surface area contributed by atoms with Crippen LogP contribution in [0.15, 0.2) is 12.1 Å². The van der Waals surface area contributed by atoms with Gasteiger partial charge in [-0.05, 0) is 51.8 Å². The van der Waals surface area contributed by atoms with Crippen LogP contribution in [-0.2, 0) is 13.1 Å². The molecule has 5 nitrogen and oxygen atoms in total. The first-order valence-electron chi connectivity index (χ1n) is 10.5. The summed E-state index contributed by atoms with van der Waals surface area (Å²) in [5.41, 5.74) is 0.656. The second-order valence-electron chi connectivity index (χ2n) is 10.3. The van der Waals surface area contributed by atoms with Crippen LogP contribution in [0.1, 0.15) is 63.6 Å². The molecule has 0 saturated heterocycles. The lowest BCUT2D eigenvalue weighted by atomic mass is 9.82. The highest BCUT2D eigenvalue weighted by Crippen LogP contribution is 2.32. The summed E-state index contributed by atoms with van der Waals surface area (Å²) in [5, 5.41) is 2.92. The number of nitrogens with one attached hydrogen (secondary N) is 1. The maximum absolute atomic E-state index is 14.7. The van der Waals surface area contributed by atoms with Gasteiger partial charge in [-0.3, -0.25) is 4.79 Å². The zero-order valence-electron chi connectivity index (χ0n) is 19.1. The standard InChI is InChI=1S/C23H31ClF2N4O/c1-22(2,3)13-23(4,5)28-21(31)19-18-12-29(6)8-7-9-30(18)20(27-19)14-10-15(24)17(26)11-16(14)25/h10-11H,7-9,12-13H2,1-6H3,(H,28,31). The average Bonchev–Trinajstić information content (AvgIpc) is 2.82. The summed E-state index contributed by atoms with van der Waals surface area (Å²) in [7, 11) is 1.98. The summed E-state index contributed by atoms with van der Waals surface area (Å²) in [5.74, 6) is -1.59. The Kier molecular flexibility index (Phi) is 6.50. The second-order valence-corrected chi connectivity index (χ2v) is 10.7. The summed E-state index contributed by atoms with van der Waals surface area (Å²) < 4.78 is 30.2. The fourth-order valence-corrected chi connectivity index (χ4v) is 4.70. The quantitative estimate of drug-likeness (QED) is 0.643. The van der Waals surface area contributed by atoms with Crippen molar-refractivity contribution in [2.45, 2.75) is 66.1 Å². The first-order chi connectivity index (χ1) is 14.3. The lowest BCUT2D eigenvalue weighted by molar-refractivity contribution is 0.0884. The molecule has 0 spiro atoms. The van der Waals surface area contributed by atoms with Crippen molar-refractivity contribution in [1.82, 2.24) is 19.8 Å². The molecule has 0 radical (unpaired) electrons. The molecule has 3 rings (SSSR count). The average molecular weight is 453 g/mol. The number of amides is 1. The van der Waals surface area contributed by atoms with Crippen LogP contribution in [0, 0.1) is 17.0 Å². The first kappa shape index (κ1) is 23.7. The number of aromatic nitrogens is 2. The van der Waals surface area contributed by atoms with E-state index in [1.807, 2.05) is 25.5 Å². The molecule has 0 atom stereocenters. The van der Waals surface area contributed by atoms with Crippen LogP contribution in [0.5, 0.6) is 0 Å². The maximum Gasteiger partial charge on any atom is 0.272 e. The van der Waals surface area contributed by atoms with Gasteiger partial charge in [-0.2, -0.15) is 0 Å². The van der Waals surface area contributed by atoms with Crippen LogP contribution < -0.4 is 5.32 Å². The molecule has 1 N–H and O–H groups in total. The number of fused-ring (bicyclic) bond motifs is 1. The number of benzene rings is 1. The Morgan fingerprint density at radius 3 is 2.48 bits per heavy atom. The number of imidazole rings is 1. The van der Waals surface area contributed by atoms with Gasteiger partial charge < -0.3 is 14.8 Å². The smallest absolute Gasteiger partial charge is 0.272 e. The molecule has 170 valence electrons. The fourth-order valence-electron chi connectivity index (χ4n) is 4.54. The van der Waals surface area contributed by atoms with E-state index in [1.54, 1.807) is 0 Å². The van der Waals surface area contributed by atoms with Gasteiger partial charge in [0.15, 0.2) is 5.69 Å². The number of hydrogen-bond donors (Lipinski definition) is 1. The highest BCUT2D eigenvalue weighted by atomic mass is 35.5. The topological polar surface area (TPSA) is 50.2 Å². The van der Waals surface area contributed by atoms with Crippen molar-refractivity contribution in [3.05, 3.63) is 40.2 Å². The lowest BCUT2D eigenvalue weighted by Gasteiger charge is -2.33. The molecule has 0 aliphatic carbocycles. The van der Waals surface area contributed by atoms with Gasteiger partial charge in [-0.1, -0.05) is 32.4 Å². The van der Waals surface area contributed by atoms with Crippen LogP contribution in [0.2, 0.25) is 5.02 Å². The summed E-state index contributed by atoms with van der Waals surface area (Å²) in [4.78, 5) is 20.0. The van der Waals surface area contributed by atoms with Gasteiger partial charge in [-0.15, -0.1) is 0 Å². The van der Waals surface area contributed by atoms with E-state index in [9.17, 15) is 13.6 Å². The molecule has 1 aromatic heterocycles. The Morgan fingerprint density at radius 2 is 1.84 bits per heavy atom. The molecule has 31 heavy (non-hydrogen) atoms. The molecule has 2 heterocycles. The summed E-state index contributed by atoms with van der Waals surface area (Å²) in [6, 6.07) is 2.00. The normalized spacial score (nSPS) is 15.5. The number of carbonyl (C=O) groups is 1. The van der Waals surface area contributed by atoms with Gasteiger partial charge >= 0.3 is 0 Å². The minimum absolute atomic E-state index is 0.0290. The van der Waals surface area contributed by atoms with Gasteiger partial charge in [0.2, 0.25) is 0 Å². The van der Waals surface area contributed by atoms with E-state index in [2.05, 4.69) is 36.0 Å². The van der Waals surface area contributed by atoms with Gasteiger partial charge in [0.1, 0.15) is 17.5 Å². The van der Waals surface area contributed by atoms with Crippen molar-refractivity contribution in [2.24, 2.45) is 5.41 Å². The molecule has 1 aliphatic rings. The molecule has 0 bridgehead atoms. The van der Waals surface area contributed by atoms with Crippen molar-refractivity contribution in [3.8, 4) is 11.4 Å². The molecular weight excluding hydrogens is 422 g/mol. The maximum atomic E-state index is 14.7. The van der Waals surface area contributed by atoms with E-state index in [-0.39, 0.29) is 27.6 Å². The van der Waals surface area contributed by atoms with Crippen molar-refractivity contribution in [2.75, 3.05) is 13.6 Å². The largest absolute Gasteiger partial charge is 0.346 e. The Labute approximate surface area is 187 Å². The number of hydrogen-bond acceptors (Lipinski definition) is 3. The molecule has 1 aromatic carbocycles. The molecule has 1 amide bonds. The van der Waals surface area contributed by atoms with Crippen molar-refractivity contribution in [3.63, 3.8) is 0 Å².